The lowest BCUT2D eigenvalue weighted by Gasteiger charge is -2.24. The minimum Gasteiger partial charge on any atom is -0.462 e. The Morgan fingerprint density at radius 1 is 0.500 bits per heavy atom. The summed E-state index contributed by atoms with van der Waals surface area (Å²) in [6.07, 6.45) is 48.4. The highest BCUT2D eigenvalue weighted by molar-refractivity contribution is 5.77. The molecule has 3 N–H and O–H groups in total. The summed E-state index contributed by atoms with van der Waals surface area (Å²) in [5.41, 5.74) is 0. The maximum absolute atomic E-state index is 13.1. The van der Waals surface area contributed by atoms with Crippen molar-refractivity contribution in [3.63, 3.8) is 0 Å². The van der Waals surface area contributed by atoms with Gasteiger partial charge in [-0.05, 0) is 51.4 Å². The molecule has 0 bridgehead atoms. The summed E-state index contributed by atoms with van der Waals surface area (Å²) in [6, 6.07) is -0.695. The molecule has 0 aromatic heterocycles. The molecule has 0 aromatic carbocycles. The largest absolute Gasteiger partial charge is 0.462 e. The number of carbonyl (C=O) groups is 2. The number of hydrogen-bond donors (Lipinski definition) is 3. The van der Waals surface area contributed by atoms with Gasteiger partial charge in [0.2, 0.25) is 5.91 Å². The van der Waals surface area contributed by atoms with E-state index >= 15 is 0 Å². The second kappa shape index (κ2) is 44.7. The van der Waals surface area contributed by atoms with Crippen LogP contribution in [0.4, 0.5) is 0 Å². The molecule has 3 atom stereocenters. The van der Waals surface area contributed by atoms with Crippen LogP contribution in [0.1, 0.15) is 271 Å². The second-order valence-electron chi connectivity index (χ2n) is 17.2. The van der Waals surface area contributed by atoms with Crippen molar-refractivity contribution >= 4 is 11.9 Å². The summed E-state index contributed by atoms with van der Waals surface area (Å²) in [6.45, 7) is 6.47. The molecule has 0 spiro atoms. The minimum atomic E-state index is -0.781. The number of hydrogen-bond acceptors (Lipinski definition) is 5. The molecule has 332 valence electrons. The zero-order valence-corrected chi connectivity index (χ0v) is 37.8. The first-order valence-electron chi connectivity index (χ1n) is 24.9. The van der Waals surface area contributed by atoms with Crippen LogP contribution in [-0.2, 0) is 14.3 Å². The first-order valence-corrected chi connectivity index (χ1v) is 24.9. The molecule has 0 heterocycles. The van der Waals surface area contributed by atoms with E-state index in [0.29, 0.717) is 19.3 Å². The van der Waals surface area contributed by atoms with Crippen molar-refractivity contribution in [3.8, 4) is 0 Å². The van der Waals surface area contributed by atoms with Gasteiger partial charge < -0.3 is 20.3 Å². The third-order valence-corrected chi connectivity index (χ3v) is 11.6. The van der Waals surface area contributed by atoms with Crippen molar-refractivity contribution in [2.24, 2.45) is 0 Å². The monoisotopic (exact) mass is 792 g/mol. The standard InChI is InChI=1S/C50H97NO5/c1-4-7-10-13-16-19-22-23-24-25-26-27-28-29-32-35-38-41-46(56-50(55)43-40-37-34-31-21-18-15-12-9-6-3)44-49(54)51-47(45-52)48(53)42-39-36-33-30-20-17-14-11-8-5-2/h23-24,46-48,52-53H,4-22,25-45H2,1-3H3,(H,51,54)/b24-23+. The summed E-state index contributed by atoms with van der Waals surface area (Å²) in [5, 5.41) is 23.7. The van der Waals surface area contributed by atoms with E-state index in [1.165, 1.54) is 173 Å². The number of aliphatic hydroxyl groups excluding tert-OH is 2. The van der Waals surface area contributed by atoms with Crippen molar-refractivity contribution in [1.82, 2.24) is 5.32 Å². The van der Waals surface area contributed by atoms with E-state index in [0.717, 1.165) is 51.4 Å². The van der Waals surface area contributed by atoms with Crippen molar-refractivity contribution in [2.45, 2.75) is 289 Å². The minimum absolute atomic E-state index is 0.0810. The highest BCUT2D eigenvalue weighted by Gasteiger charge is 2.24. The number of amides is 1. The smallest absolute Gasteiger partial charge is 0.306 e. The lowest BCUT2D eigenvalue weighted by Crippen LogP contribution is -2.46. The predicted octanol–water partition coefficient (Wildman–Crippen LogP) is 14.6. The summed E-state index contributed by atoms with van der Waals surface area (Å²) < 4.78 is 5.92. The number of aliphatic hydroxyl groups is 2. The number of nitrogens with one attached hydrogen (secondary N) is 1. The molecule has 3 unspecified atom stereocenters. The molecule has 6 nitrogen and oxygen atoms in total. The van der Waals surface area contributed by atoms with Gasteiger partial charge in [0.25, 0.3) is 0 Å². The Labute approximate surface area is 349 Å². The van der Waals surface area contributed by atoms with Crippen LogP contribution in [0.5, 0.6) is 0 Å². The van der Waals surface area contributed by atoms with Gasteiger partial charge in [0, 0.05) is 6.42 Å². The normalized spacial score (nSPS) is 13.3. The maximum atomic E-state index is 13.1. The first kappa shape index (κ1) is 54.6. The Morgan fingerprint density at radius 2 is 0.857 bits per heavy atom. The van der Waals surface area contributed by atoms with Gasteiger partial charge in [-0.2, -0.15) is 0 Å². The van der Waals surface area contributed by atoms with Crippen molar-refractivity contribution < 1.29 is 24.5 Å². The highest BCUT2D eigenvalue weighted by Crippen LogP contribution is 2.18. The van der Waals surface area contributed by atoms with Crippen LogP contribution in [0.25, 0.3) is 0 Å². The van der Waals surface area contributed by atoms with Crippen LogP contribution in [0.2, 0.25) is 0 Å². The van der Waals surface area contributed by atoms with Gasteiger partial charge in [0.05, 0.1) is 25.2 Å². The Kier molecular flexibility index (Phi) is 43.6. The zero-order valence-electron chi connectivity index (χ0n) is 37.8. The van der Waals surface area contributed by atoms with Gasteiger partial charge in [-0.25, -0.2) is 0 Å². The van der Waals surface area contributed by atoms with Crippen LogP contribution in [-0.4, -0.2) is 46.9 Å². The van der Waals surface area contributed by atoms with E-state index in [1.807, 2.05) is 0 Å². The van der Waals surface area contributed by atoms with E-state index in [1.54, 1.807) is 0 Å². The topological polar surface area (TPSA) is 95.9 Å². The van der Waals surface area contributed by atoms with Gasteiger partial charge in [-0.15, -0.1) is 0 Å². The molecular formula is C50H97NO5. The second-order valence-corrected chi connectivity index (χ2v) is 17.2. The number of allylic oxidation sites excluding steroid dienone is 2. The molecule has 0 aliphatic carbocycles. The molecule has 6 heteroatoms. The van der Waals surface area contributed by atoms with E-state index in [4.69, 9.17) is 4.74 Å². The lowest BCUT2D eigenvalue weighted by atomic mass is 10.0. The van der Waals surface area contributed by atoms with E-state index in [9.17, 15) is 19.8 Å². The van der Waals surface area contributed by atoms with Gasteiger partial charge in [0.15, 0.2) is 0 Å². The van der Waals surface area contributed by atoms with Gasteiger partial charge >= 0.3 is 5.97 Å². The molecule has 0 radical (unpaired) electrons. The molecule has 0 aliphatic heterocycles. The fourth-order valence-electron chi connectivity index (χ4n) is 7.78. The van der Waals surface area contributed by atoms with Crippen LogP contribution in [0.3, 0.4) is 0 Å². The van der Waals surface area contributed by atoms with Crippen LogP contribution in [0, 0.1) is 0 Å². The summed E-state index contributed by atoms with van der Waals surface area (Å²) in [4.78, 5) is 26.0. The van der Waals surface area contributed by atoms with Gasteiger partial charge in [0.1, 0.15) is 6.10 Å². The third kappa shape index (κ3) is 39.4. The molecule has 0 saturated heterocycles. The summed E-state index contributed by atoms with van der Waals surface area (Å²) >= 11 is 0. The average Bonchev–Trinajstić information content (AvgIpc) is 3.19. The third-order valence-electron chi connectivity index (χ3n) is 11.6. The van der Waals surface area contributed by atoms with Gasteiger partial charge in [-0.3, -0.25) is 9.59 Å². The van der Waals surface area contributed by atoms with Crippen LogP contribution in [0.15, 0.2) is 12.2 Å². The van der Waals surface area contributed by atoms with E-state index in [2.05, 4.69) is 38.2 Å². The lowest BCUT2D eigenvalue weighted by molar-refractivity contribution is -0.151. The molecule has 1 amide bonds. The zero-order chi connectivity index (χ0) is 41.0. The Balaban J connectivity index is 4.54. The number of carbonyl (C=O) groups excluding carboxylic acids is 2. The SMILES string of the molecule is CCCCCCCC/C=C/CCCCCCCCCC(CC(=O)NC(CO)C(O)CCCCCCCCCCCC)OC(=O)CCCCCCCCCCCC. The molecular weight excluding hydrogens is 695 g/mol. The van der Waals surface area contributed by atoms with Crippen LogP contribution >= 0.6 is 0 Å². The van der Waals surface area contributed by atoms with Crippen molar-refractivity contribution in [2.75, 3.05) is 6.61 Å². The number of rotatable bonds is 45. The molecule has 0 aliphatic rings. The fourth-order valence-corrected chi connectivity index (χ4v) is 7.78. The van der Waals surface area contributed by atoms with E-state index in [-0.39, 0.29) is 24.9 Å². The highest BCUT2D eigenvalue weighted by atomic mass is 16.5. The number of ether oxygens (including phenoxy) is 1. The average molecular weight is 792 g/mol. The number of esters is 1. The number of unbranched alkanes of at least 4 members (excludes halogenated alkanes) is 31. The molecule has 0 saturated carbocycles. The maximum Gasteiger partial charge on any atom is 0.306 e. The fraction of sp³-hybridized carbons (Fsp3) is 0.920. The van der Waals surface area contributed by atoms with Crippen molar-refractivity contribution in [1.29, 1.82) is 0 Å². The van der Waals surface area contributed by atoms with Crippen molar-refractivity contribution in [3.05, 3.63) is 12.2 Å². The Bertz CT molecular complexity index is 847. The van der Waals surface area contributed by atoms with Crippen LogP contribution < -0.4 is 5.32 Å². The molecule has 0 aromatic rings. The predicted molar refractivity (Wildman–Crippen MR) is 241 cm³/mol. The molecule has 0 fully saturated rings. The van der Waals surface area contributed by atoms with E-state index < -0.39 is 18.2 Å². The van der Waals surface area contributed by atoms with Gasteiger partial charge in [-0.1, -0.05) is 219 Å². The Hall–Kier alpha value is -1.40. The summed E-state index contributed by atoms with van der Waals surface area (Å²) in [7, 11) is 0. The molecule has 56 heavy (non-hydrogen) atoms. The Morgan fingerprint density at radius 3 is 1.27 bits per heavy atom. The summed E-state index contributed by atoms with van der Waals surface area (Å²) in [5.74, 6) is -0.466. The quantitative estimate of drug-likeness (QED) is 0.0324. The molecule has 0 rings (SSSR count). The first-order chi connectivity index (χ1) is 27.5.